The van der Waals surface area contributed by atoms with Gasteiger partial charge in [0.1, 0.15) is 5.75 Å². The van der Waals surface area contributed by atoms with Crippen LogP contribution in [0.25, 0.3) is 6.08 Å². The Morgan fingerprint density at radius 2 is 2.17 bits per heavy atom. The minimum Gasteiger partial charge on any atom is -0.508 e. The molecule has 2 N–H and O–H groups in total. The molecule has 2 nitrogen and oxygen atoms in total. The second-order valence-electron chi connectivity index (χ2n) is 6.56. The van der Waals surface area contributed by atoms with E-state index in [1.165, 1.54) is 24.0 Å². The minimum absolute atomic E-state index is 0.00950. The van der Waals surface area contributed by atoms with Crippen LogP contribution in [0.15, 0.2) is 24.0 Å². The molecular formula is C19H21ClNOP. The van der Waals surface area contributed by atoms with E-state index >= 15 is 0 Å². The maximum absolute atomic E-state index is 10.2. The third kappa shape index (κ3) is 2.58. The number of allylic oxidation sites excluding steroid dienone is 1. The molecule has 0 spiro atoms. The van der Waals surface area contributed by atoms with Crippen LogP contribution in [0, 0.1) is 0 Å². The highest BCUT2D eigenvalue weighted by atomic mass is 35.5. The van der Waals surface area contributed by atoms with E-state index in [9.17, 15) is 5.11 Å². The van der Waals surface area contributed by atoms with Gasteiger partial charge in [0.15, 0.2) is 0 Å². The summed E-state index contributed by atoms with van der Waals surface area (Å²) >= 11 is 6.44. The highest BCUT2D eigenvalue weighted by molar-refractivity contribution is 7.30. The SMILES string of the molecule is CCc1cc(Cl)c(NC2(c3c[pH]c4c3C=CCC4)CC2)cc1O. The summed E-state index contributed by atoms with van der Waals surface area (Å²) in [6.45, 7) is 2.02. The van der Waals surface area contributed by atoms with E-state index in [1.54, 1.807) is 11.4 Å². The van der Waals surface area contributed by atoms with Crippen molar-refractivity contribution in [1.82, 2.24) is 0 Å². The second-order valence-corrected chi connectivity index (χ2v) is 8.15. The summed E-state index contributed by atoms with van der Waals surface area (Å²) in [4.78, 5) is 0. The Morgan fingerprint density at radius 3 is 2.91 bits per heavy atom. The van der Waals surface area contributed by atoms with Crippen LogP contribution in [-0.4, -0.2) is 5.11 Å². The normalized spacial score (nSPS) is 18.2. The van der Waals surface area contributed by atoms with Crippen molar-refractivity contribution in [2.24, 2.45) is 0 Å². The van der Waals surface area contributed by atoms with Crippen LogP contribution in [-0.2, 0) is 18.4 Å². The molecule has 0 amide bonds. The van der Waals surface area contributed by atoms with Crippen LogP contribution in [0.3, 0.4) is 0 Å². The molecule has 1 fully saturated rings. The largest absolute Gasteiger partial charge is 0.508 e. The molecule has 1 aromatic carbocycles. The quantitative estimate of drug-likeness (QED) is 0.745. The number of phenolic OH excluding ortho intramolecular Hbond substituents is 1. The fraction of sp³-hybridized carbons (Fsp3) is 0.368. The van der Waals surface area contributed by atoms with Crippen LogP contribution in [0.5, 0.6) is 5.75 Å². The summed E-state index contributed by atoms with van der Waals surface area (Å²) < 4.78 is 0. The Kier molecular flexibility index (Phi) is 3.70. The molecule has 4 rings (SSSR count). The molecular weight excluding hydrogens is 325 g/mol. The molecule has 120 valence electrons. The number of halogens is 1. The van der Waals surface area contributed by atoms with Gasteiger partial charge in [-0.1, -0.05) is 30.7 Å². The van der Waals surface area contributed by atoms with Crippen molar-refractivity contribution < 1.29 is 5.11 Å². The molecule has 1 heterocycles. The summed E-state index contributed by atoms with van der Waals surface area (Å²) in [5, 5.41) is 16.1. The number of fused-ring (bicyclic) bond motifs is 1. The van der Waals surface area contributed by atoms with Gasteiger partial charge in [0.05, 0.1) is 16.2 Å². The first-order valence-electron chi connectivity index (χ1n) is 8.30. The van der Waals surface area contributed by atoms with Gasteiger partial charge < -0.3 is 10.4 Å². The zero-order chi connectivity index (χ0) is 16.0. The zero-order valence-electron chi connectivity index (χ0n) is 13.2. The standard InChI is InChI=1S/C19H21ClNOP/c1-2-12-9-15(20)16(10-17(12)22)21-19(7-8-19)14-11-23-18-6-4-3-5-13(14)18/h3,5,9-11,21-23H,2,4,6-8H2,1H3. The number of nitrogens with one attached hydrogen (secondary N) is 1. The Morgan fingerprint density at radius 1 is 1.35 bits per heavy atom. The molecule has 0 saturated heterocycles. The van der Waals surface area contributed by atoms with Crippen molar-refractivity contribution in [1.29, 1.82) is 0 Å². The lowest BCUT2D eigenvalue weighted by molar-refractivity contribution is 0.469. The predicted molar refractivity (Wildman–Crippen MR) is 100 cm³/mol. The van der Waals surface area contributed by atoms with Crippen LogP contribution >= 0.6 is 19.8 Å². The summed E-state index contributed by atoms with van der Waals surface area (Å²) in [7, 11) is 0.830. The summed E-state index contributed by atoms with van der Waals surface area (Å²) in [5.41, 5.74) is 4.64. The second kappa shape index (κ2) is 5.61. The van der Waals surface area contributed by atoms with Gasteiger partial charge in [-0.15, -0.1) is 8.19 Å². The van der Waals surface area contributed by atoms with Gasteiger partial charge in [-0.2, -0.15) is 0 Å². The van der Waals surface area contributed by atoms with E-state index in [1.807, 2.05) is 13.0 Å². The zero-order valence-corrected chi connectivity index (χ0v) is 15.0. The van der Waals surface area contributed by atoms with Gasteiger partial charge in [-0.3, -0.25) is 0 Å². The number of hydrogen-bond acceptors (Lipinski definition) is 2. The van der Waals surface area contributed by atoms with Crippen LogP contribution in [0.1, 0.15) is 48.2 Å². The minimum atomic E-state index is 0.00950. The van der Waals surface area contributed by atoms with Crippen molar-refractivity contribution in [2.75, 3.05) is 5.32 Å². The molecule has 4 heteroatoms. The highest BCUT2D eigenvalue weighted by Gasteiger charge is 2.46. The van der Waals surface area contributed by atoms with Gasteiger partial charge in [0.2, 0.25) is 0 Å². The first-order chi connectivity index (χ1) is 11.1. The third-order valence-electron chi connectivity index (χ3n) is 5.04. The number of benzene rings is 1. The van der Waals surface area contributed by atoms with E-state index in [2.05, 4.69) is 23.3 Å². The molecule has 1 aromatic heterocycles. The third-order valence-corrected chi connectivity index (χ3v) is 6.65. The molecule has 2 aliphatic carbocycles. The summed E-state index contributed by atoms with van der Waals surface area (Å²) in [6, 6.07) is 3.66. The fourth-order valence-electron chi connectivity index (χ4n) is 3.53. The highest BCUT2D eigenvalue weighted by Crippen LogP contribution is 2.53. The number of anilines is 1. The van der Waals surface area contributed by atoms with E-state index in [0.29, 0.717) is 10.8 Å². The maximum atomic E-state index is 10.2. The average Bonchev–Trinajstić information content (AvgIpc) is 3.19. The lowest BCUT2D eigenvalue weighted by Gasteiger charge is -2.22. The van der Waals surface area contributed by atoms with E-state index in [0.717, 1.165) is 38.7 Å². The lowest BCUT2D eigenvalue weighted by Crippen LogP contribution is -2.19. The van der Waals surface area contributed by atoms with E-state index in [-0.39, 0.29) is 5.54 Å². The van der Waals surface area contributed by atoms with Crippen molar-refractivity contribution in [3.63, 3.8) is 0 Å². The predicted octanol–water partition coefficient (Wildman–Crippen LogP) is 5.70. The first-order valence-corrected chi connectivity index (χ1v) is 9.75. The van der Waals surface area contributed by atoms with E-state index < -0.39 is 0 Å². The van der Waals surface area contributed by atoms with Gasteiger partial charge in [0.25, 0.3) is 0 Å². The molecule has 1 saturated carbocycles. The van der Waals surface area contributed by atoms with Crippen molar-refractivity contribution in [3.05, 3.63) is 51.0 Å². The monoisotopic (exact) mass is 345 g/mol. The van der Waals surface area contributed by atoms with Gasteiger partial charge >= 0.3 is 0 Å². The Labute approximate surface area is 143 Å². The molecule has 0 aliphatic heterocycles. The molecule has 1 unspecified atom stereocenters. The molecule has 23 heavy (non-hydrogen) atoms. The molecule has 0 bridgehead atoms. The van der Waals surface area contributed by atoms with Crippen molar-refractivity contribution >= 4 is 31.6 Å². The average molecular weight is 346 g/mol. The Balaban J connectivity index is 1.68. The van der Waals surface area contributed by atoms with Crippen LogP contribution in [0.2, 0.25) is 5.02 Å². The number of aromatic hydroxyl groups is 1. The lowest BCUT2D eigenvalue weighted by atomic mass is 9.96. The molecule has 2 aliphatic rings. The van der Waals surface area contributed by atoms with Crippen LogP contribution in [0.4, 0.5) is 5.69 Å². The van der Waals surface area contributed by atoms with Gasteiger partial charge in [0, 0.05) is 6.07 Å². The first kappa shape index (κ1) is 15.2. The fourth-order valence-corrected chi connectivity index (χ4v) is 5.17. The maximum Gasteiger partial charge on any atom is 0.120 e. The number of rotatable bonds is 4. The summed E-state index contributed by atoms with van der Waals surface area (Å²) in [6.07, 6.45) is 9.99. The van der Waals surface area contributed by atoms with Crippen molar-refractivity contribution in [3.8, 4) is 5.75 Å². The smallest absolute Gasteiger partial charge is 0.120 e. The van der Waals surface area contributed by atoms with E-state index in [4.69, 9.17) is 11.6 Å². The van der Waals surface area contributed by atoms with Crippen molar-refractivity contribution in [2.45, 2.75) is 44.6 Å². The Hall–Kier alpha value is -1.37. The van der Waals surface area contributed by atoms with Gasteiger partial charge in [-0.05, 0) is 66.0 Å². The van der Waals surface area contributed by atoms with Crippen LogP contribution < -0.4 is 5.32 Å². The summed E-state index contributed by atoms with van der Waals surface area (Å²) in [5.74, 6) is 2.74. The number of aryl methyl sites for hydroxylation is 2. The molecule has 0 radical (unpaired) electrons. The number of hydrogen-bond donors (Lipinski definition) is 2. The topological polar surface area (TPSA) is 32.3 Å². The Bertz CT molecular complexity index is 789. The molecule has 1 atom stereocenters. The van der Waals surface area contributed by atoms with Gasteiger partial charge in [-0.25, -0.2) is 0 Å². The number of phenols is 1. The molecule has 2 aromatic rings.